The minimum atomic E-state index is -0.483. The van der Waals surface area contributed by atoms with E-state index in [0.29, 0.717) is 17.1 Å². The van der Waals surface area contributed by atoms with Crippen LogP contribution in [0.1, 0.15) is 23.5 Å². The fourth-order valence-corrected chi connectivity index (χ4v) is 2.82. The van der Waals surface area contributed by atoms with Crippen molar-refractivity contribution in [2.75, 3.05) is 10.6 Å². The van der Waals surface area contributed by atoms with Gasteiger partial charge in [0.2, 0.25) is 5.91 Å². The molecule has 0 saturated heterocycles. The lowest BCUT2D eigenvalue weighted by Crippen LogP contribution is -2.24. The molecule has 4 aromatic rings. The first-order valence-corrected chi connectivity index (χ1v) is 8.74. The van der Waals surface area contributed by atoms with Gasteiger partial charge in [-0.05, 0) is 43.3 Å². The lowest BCUT2D eigenvalue weighted by molar-refractivity contribution is -0.119. The van der Waals surface area contributed by atoms with Crippen LogP contribution in [0.5, 0.6) is 0 Å². The number of aromatic nitrogens is 4. The normalized spacial score (nSPS) is 11.9. The van der Waals surface area contributed by atoms with Gasteiger partial charge in [-0.2, -0.15) is 5.10 Å². The first kappa shape index (κ1) is 17.5. The van der Waals surface area contributed by atoms with Crippen molar-refractivity contribution in [1.29, 1.82) is 0 Å². The van der Waals surface area contributed by atoms with E-state index in [0.717, 1.165) is 10.9 Å². The Balaban J connectivity index is 1.40. The highest BCUT2D eigenvalue weighted by Crippen LogP contribution is 2.18. The first-order valence-electron chi connectivity index (χ1n) is 8.74. The summed E-state index contributed by atoms with van der Waals surface area (Å²) in [5.74, 6) is -0.437. The number of rotatable bonds is 5. The zero-order valence-electron chi connectivity index (χ0n) is 15.1. The fraction of sp³-hybridized carbons (Fsp3) is 0.100. The molecule has 2 aromatic carbocycles. The van der Waals surface area contributed by atoms with E-state index < -0.39 is 6.04 Å². The van der Waals surface area contributed by atoms with Crippen molar-refractivity contribution >= 4 is 34.1 Å². The number of carbonyl (C=O) groups excluding carboxylic acids is 2. The topological polar surface area (TPSA) is 105 Å². The number of aromatic amines is 1. The van der Waals surface area contributed by atoms with E-state index in [4.69, 9.17) is 0 Å². The van der Waals surface area contributed by atoms with E-state index in [1.807, 2.05) is 30.3 Å². The molecular weight excluding hydrogens is 356 g/mol. The maximum atomic E-state index is 12.4. The summed E-state index contributed by atoms with van der Waals surface area (Å²) in [6.07, 6.45) is 2.88. The Kier molecular flexibility index (Phi) is 4.59. The quantitative estimate of drug-likeness (QED) is 0.499. The van der Waals surface area contributed by atoms with Crippen LogP contribution in [-0.2, 0) is 4.79 Å². The van der Waals surface area contributed by atoms with Crippen molar-refractivity contribution in [3.63, 3.8) is 0 Å². The molecule has 0 unspecified atom stereocenters. The number of amides is 2. The molecule has 3 N–H and O–H groups in total. The summed E-state index contributed by atoms with van der Waals surface area (Å²) in [5.41, 5.74) is 2.65. The summed E-state index contributed by atoms with van der Waals surface area (Å²) in [4.78, 5) is 31.6. The molecule has 8 heteroatoms. The molecule has 2 heterocycles. The van der Waals surface area contributed by atoms with E-state index in [1.54, 1.807) is 31.2 Å². The van der Waals surface area contributed by atoms with Crippen LogP contribution in [0.2, 0.25) is 0 Å². The third-order valence-corrected chi connectivity index (χ3v) is 4.40. The third kappa shape index (κ3) is 3.61. The van der Waals surface area contributed by atoms with Gasteiger partial charge < -0.3 is 15.6 Å². The minimum absolute atomic E-state index is 0.208. The Morgan fingerprint density at radius 1 is 1.04 bits per heavy atom. The standard InChI is InChI=1S/C20H18N6O2/c1-13(26-12-21-11-22-26)19(27)23-15-6-8-16(9-7-15)24-20(28)18-10-14-4-2-3-5-17(14)25-18/h2-13,25H,1H3,(H,23,27)(H,24,28)/t13-/m1/s1. The molecule has 8 nitrogen and oxygen atoms in total. The number of carbonyl (C=O) groups is 2. The van der Waals surface area contributed by atoms with Gasteiger partial charge in [0.05, 0.1) is 0 Å². The Hall–Kier alpha value is -3.94. The summed E-state index contributed by atoms with van der Waals surface area (Å²) in [7, 11) is 0. The molecule has 2 amide bonds. The fourth-order valence-electron chi connectivity index (χ4n) is 2.82. The molecule has 2 aromatic heterocycles. The second-order valence-corrected chi connectivity index (χ2v) is 6.34. The first-order chi connectivity index (χ1) is 13.6. The van der Waals surface area contributed by atoms with Crippen LogP contribution in [0.3, 0.4) is 0 Å². The molecule has 28 heavy (non-hydrogen) atoms. The number of nitrogens with one attached hydrogen (secondary N) is 3. The average molecular weight is 374 g/mol. The van der Waals surface area contributed by atoms with Gasteiger partial charge in [-0.3, -0.25) is 9.59 Å². The number of H-pyrrole nitrogens is 1. The largest absolute Gasteiger partial charge is 0.351 e. The summed E-state index contributed by atoms with van der Waals surface area (Å²) in [6, 6.07) is 16.0. The van der Waals surface area contributed by atoms with Gasteiger partial charge in [0.15, 0.2) is 0 Å². The Labute approximate surface area is 160 Å². The molecule has 4 rings (SSSR count). The second kappa shape index (κ2) is 7.36. The van der Waals surface area contributed by atoms with Gasteiger partial charge in [0, 0.05) is 22.3 Å². The highest BCUT2D eigenvalue weighted by molar-refractivity contribution is 6.06. The summed E-state index contributed by atoms with van der Waals surface area (Å²) in [6.45, 7) is 1.74. The lowest BCUT2D eigenvalue weighted by Gasteiger charge is -2.12. The molecule has 0 bridgehead atoms. The number of hydrogen-bond donors (Lipinski definition) is 3. The number of para-hydroxylation sites is 1. The molecule has 0 radical (unpaired) electrons. The maximum Gasteiger partial charge on any atom is 0.272 e. The van der Waals surface area contributed by atoms with Crippen LogP contribution in [0.25, 0.3) is 10.9 Å². The predicted molar refractivity (Wildman–Crippen MR) is 106 cm³/mol. The van der Waals surface area contributed by atoms with Gasteiger partial charge in [-0.15, -0.1) is 0 Å². The predicted octanol–water partition coefficient (Wildman–Crippen LogP) is 3.21. The molecule has 0 aliphatic carbocycles. The van der Waals surface area contributed by atoms with Crippen LogP contribution in [-0.4, -0.2) is 31.6 Å². The van der Waals surface area contributed by atoms with Crippen LogP contribution < -0.4 is 10.6 Å². The zero-order chi connectivity index (χ0) is 19.5. The number of hydrogen-bond acceptors (Lipinski definition) is 4. The van der Waals surface area contributed by atoms with Crippen LogP contribution in [0, 0.1) is 0 Å². The number of benzene rings is 2. The maximum absolute atomic E-state index is 12.4. The smallest absolute Gasteiger partial charge is 0.272 e. The van der Waals surface area contributed by atoms with Crippen LogP contribution >= 0.6 is 0 Å². The second-order valence-electron chi connectivity index (χ2n) is 6.34. The van der Waals surface area contributed by atoms with Crippen molar-refractivity contribution < 1.29 is 9.59 Å². The van der Waals surface area contributed by atoms with Crippen molar-refractivity contribution in [2.45, 2.75) is 13.0 Å². The summed E-state index contributed by atoms with van der Waals surface area (Å²) < 4.78 is 1.48. The molecule has 1 atom stereocenters. The summed E-state index contributed by atoms with van der Waals surface area (Å²) in [5, 5.41) is 10.6. The van der Waals surface area contributed by atoms with E-state index >= 15 is 0 Å². The van der Waals surface area contributed by atoms with Gasteiger partial charge in [-0.1, -0.05) is 18.2 Å². The van der Waals surface area contributed by atoms with Crippen LogP contribution in [0.15, 0.2) is 67.3 Å². The molecule has 140 valence electrons. The van der Waals surface area contributed by atoms with Crippen molar-refractivity contribution in [2.24, 2.45) is 0 Å². The van der Waals surface area contributed by atoms with Crippen molar-refractivity contribution in [1.82, 2.24) is 19.7 Å². The van der Waals surface area contributed by atoms with Gasteiger partial charge >= 0.3 is 0 Å². The summed E-state index contributed by atoms with van der Waals surface area (Å²) >= 11 is 0. The molecule has 0 aliphatic rings. The Morgan fingerprint density at radius 3 is 2.43 bits per heavy atom. The zero-order valence-corrected chi connectivity index (χ0v) is 15.1. The SMILES string of the molecule is C[C@H](C(=O)Nc1ccc(NC(=O)c2cc3ccccc3[nH]2)cc1)n1cncn1. The Bertz CT molecular complexity index is 1080. The molecule has 0 saturated carbocycles. The molecule has 0 aliphatic heterocycles. The third-order valence-electron chi connectivity index (χ3n) is 4.40. The highest BCUT2D eigenvalue weighted by Gasteiger charge is 2.15. The van der Waals surface area contributed by atoms with Gasteiger partial charge in [0.25, 0.3) is 5.91 Å². The van der Waals surface area contributed by atoms with E-state index in [-0.39, 0.29) is 11.8 Å². The minimum Gasteiger partial charge on any atom is -0.351 e. The molecular formula is C20H18N6O2. The number of anilines is 2. The lowest BCUT2D eigenvalue weighted by atomic mass is 10.2. The van der Waals surface area contributed by atoms with E-state index in [1.165, 1.54) is 17.3 Å². The Morgan fingerprint density at radius 2 is 1.75 bits per heavy atom. The average Bonchev–Trinajstić information content (AvgIpc) is 3.38. The van der Waals surface area contributed by atoms with Crippen molar-refractivity contribution in [3.8, 4) is 0 Å². The van der Waals surface area contributed by atoms with E-state index in [9.17, 15) is 9.59 Å². The van der Waals surface area contributed by atoms with Gasteiger partial charge in [0.1, 0.15) is 24.4 Å². The van der Waals surface area contributed by atoms with Crippen LogP contribution in [0.4, 0.5) is 11.4 Å². The molecule has 0 spiro atoms. The number of fused-ring (bicyclic) bond motifs is 1. The number of nitrogens with zero attached hydrogens (tertiary/aromatic N) is 3. The highest BCUT2D eigenvalue weighted by atomic mass is 16.2. The van der Waals surface area contributed by atoms with Gasteiger partial charge in [-0.25, -0.2) is 9.67 Å². The van der Waals surface area contributed by atoms with Crippen molar-refractivity contribution in [3.05, 3.63) is 72.9 Å². The monoisotopic (exact) mass is 374 g/mol. The van der Waals surface area contributed by atoms with E-state index in [2.05, 4.69) is 25.7 Å². The molecule has 0 fully saturated rings.